The highest BCUT2D eigenvalue weighted by Gasteiger charge is 2.20. The summed E-state index contributed by atoms with van der Waals surface area (Å²) in [5.41, 5.74) is 2.84. The highest BCUT2D eigenvalue weighted by Crippen LogP contribution is 2.25. The van der Waals surface area contributed by atoms with Crippen LogP contribution in [0.5, 0.6) is 0 Å². The van der Waals surface area contributed by atoms with E-state index in [-0.39, 0.29) is 0 Å². The van der Waals surface area contributed by atoms with E-state index in [1.807, 2.05) is 0 Å². The van der Waals surface area contributed by atoms with Crippen LogP contribution < -0.4 is 5.32 Å². The third kappa shape index (κ3) is 4.89. The molecule has 2 fully saturated rings. The quantitative estimate of drug-likeness (QED) is 0.775. The van der Waals surface area contributed by atoms with Crippen LogP contribution in [0, 0.1) is 5.92 Å². The molecule has 0 aromatic rings. The van der Waals surface area contributed by atoms with Crippen LogP contribution in [0.15, 0.2) is 35.7 Å². The van der Waals surface area contributed by atoms with Gasteiger partial charge in [-0.15, -0.1) is 0 Å². The van der Waals surface area contributed by atoms with Gasteiger partial charge in [-0.25, -0.2) is 0 Å². The lowest BCUT2D eigenvalue weighted by molar-refractivity contribution is 0.284. The van der Waals surface area contributed by atoms with Crippen molar-refractivity contribution in [2.24, 2.45) is 5.92 Å². The second-order valence-corrected chi connectivity index (χ2v) is 7.61. The minimum absolute atomic E-state index is 0.518. The van der Waals surface area contributed by atoms with Crippen molar-refractivity contribution in [3.8, 4) is 0 Å². The van der Waals surface area contributed by atoms with Crippen molar-refractivity contribution in [3.63, 3.8) is 0 Å². The second-order valence-electron chi connectivity index (χ2n) is 7.61. The zero-order chi connectivity index (χ0) is 15.9. The fourth-order valence-electron chi connectivity index (χ4n) is 4.17. The lowest BCUT2D eigenvalue weighted by Gasteiger charge is -2.34. The van der Waals surface area contributed by atoms with Gasteiger partial charge in [-0.1, -0.05) is 57.3 Å². The van der Waals surface area contributed by atoms with E-state index in [9.17, 15) is 0 Å². The monoisotopic (exact) mass is 314 g/mol. The predicted octanol–water partition coefficient (Wildman–Crippen LogP) is 5.15. The van der Waals surface area contributed by atoms with Crippen LogP contribution in [-0.4, -0.2) is 24.0 Å². The van der Waals surface area contributed by atoms with Gasteiger partial charge in [0.15, 0.2) is 0 Å². The van der Waals surface area contributed by atoms with Gasteiger partial charge in [-0.05, 0) is 44.1 Å². The number of allylic oxidation sites excluding steroid dienone is 4. The summed E-state index contributed by atoms with van der Waals surface area (Å²) in [6.45, 7) is 4.73. The Balaban J connectivity index is 1.72. The number of hydrogen-bond acceptors (Lipinski definition) is 2. The molecule has 2 nitrogen and oxygen atoms in total. The normalized spacial score (nSPS) is 27.5. The smallest absolute Gasteiger partial charge is 0.0598 e. The predicted molar refractivity (Wildman–Crippen MR) is 99.1 cm³/mol. The summed E-state index contributed by atoms with van der Waals surface area (Å²) in [5, 5.41) is 3.95. The summed E-state index contributed by atoms with van der Waals surface area (Å²) in [5.74, 6) is 0.518. The molecule has 1 saturated heterocycles. The van der Waals surface area contributed by atoms with Crippen molar-refractivity contribution < 1.29 is 0 Å². The van der Waals surface area contributed by atoms with Gasteiger partial charge < -0.3 is 10.2 Å². The molecule has 0 spiro atoms. The first-order valence-electron chi connectivity index (χ1n) is 9.95. The summed E-state index contributed by atoms with van der Waals surface area (Å²) in [6.07, 6.45) is 23.2. The molecule has 128 valence electrons. The molecule has 1 aliphatic heterocycles. The lowest BCUT2D eigenvalue weighted by Crippen LogP contribution is -2.36. The first kappa shape index (κ1) is 16.7. The van der Waals surface area contributed by atoms with Crippen molar-refractivity contribution in [3.05, 3.63) is 35.7 Å². The number of likely N-dealkylation sites (tertiary alicyclic amines) is 1. The van der Waals surface area contributed by atoms with Crippen LogP contribution in [0.3, 0.4) is 0 Å². The zero-order valence-corrected chi connectivity index (χ0v) is 14.9. The third-order valence-corrected chi connectivity index (χ3v) is 5.54. The van der Waals surface area contributed by atoms with E-state index in [4.69, 9.17) is 0 Å². The Morgan fingerprint density at radius 3 is 2.30 bits per heavy atom. The largest absolute Gasteiger partial charge is 0.381 e. The number of hydrogen-bond donors (Lipinski definition) is 1. The van der Waals surface area contributed by atoms with Gasteiger partial charge in [0.1, 0.15) is 0 Å². The van der Waals surface area contributed by atoms with E-state index in [1.165, 1.54) is 88.7 Å². The molecule has 2 aliphatic carbocycles. The fraction of sp³-hybridized carbons (Fsp3) is 0.714. The molecular weight excluding hydrogens is 280 g/mol. The topological polar surface area (TPSA) is 15.3 Å². The molecule has 2 heteroatoms. The highest BCUT2D eigenvalue weighted by molar-refractivity contribution is 5.36. The van der Waals surface area contributed by atoms with Gasteiger partial charge in [-0.3, -0.25) is 0 Å². The van der Waals surface area contributed by atoms with E-state index in [0.29, 0.717) is 12.0 Å². The molecule has 0 radical (unpaired) electrons. The molecule has 23 heavy (non-hydrogen) atoms. The average molecular weight is 315 g/mol. The minimum atomic E-state index is 0.518. The van der Waals surface area contributed by atoms with Crippen LogP contribution in [0.4, 0.5) is 0 Å². The third-order valence-electron chi connectivity index (χ3n) is 5.54. The standard InChI is InChI=1S/C21H34N2/c1-18-11-10-14-21(23-15-8-5-9-16-23)20(17-18)22-19-12-6-3-2-4-7-13-19/h10-11,14,17-19,22H,2-9,12-13,15-16H2,1H3. The summed E-state index contributed by atoms with van der Waals surface area (Å²) in [6, 6.07) is 0.667. The molecule has 1 heterocycles. The van der Waals surface area contributed by atoms with E-state index in [2.05, 4.69) is 41.4 Å². The number of nitrogens with one attached hydrogen (secondary N) is 1. The van der Waals surface area contributed by atoms with Crippen molar-refractivity contribution in [1.82, 2.24) is 10.2 Å². The van der Waals surface area contributed by atoms with Gasteiger partial charge in [0.25, 0.3) is 0 Å². The molecule has 1 saturated carbocycles. The maximum absolute atomic E-state index is 3.95. The van der Waals surface area contributed by atoms with Crippen molar-refractivity contribution in [1.29, 1.82) is 0 Å². The molecule has 1 atom stereocenters. The van der Waals surface area contributed by atoms with Crippen molar-refractivity contribution in [2.75, 3.05) is 13.1 Å². The summed E-state index contributed by atoms with van der Waals surface area (Å²) < 4.78 is 0. The summed E-state index contributed by atoms with van der Waals surface area (Å²) in [7, 11) is 0. The Bertz CT molecular complexity index is 446. The van der Waals surface area contributed by atoms with E-state index < -0.39 is 0 Å². The van der Waals surface area contributed by atoms with Gasteiger partial charge in [0.05, 0.1) is 11.4 Å². The lowest BCUT2D eigenvalue weighted by atomic mass is 9.96. The molecule has 3 rings (SSSR count). The Morgan fingerprint density at radius 1 is 0.913 bits per heavy atom. The van der Waals surface area contributed by atoms with E-state index in [1.54, 1.807) is 0 Å². The molecule has 0 bridgehead atoms. The zero-order valence-electron chi connectivity index (χ0n) is 14.9. The maximum Gasteiger partial charge on any atom is 0.0598 e. The number of rotatable bonds is 3. The summed E-state index contributed by atoms with van der Waals surface area (Å²) >= 11 is 0. The highest BCUT2D eigenvalue weighted by atomic mass is 15.2. The van der Waals surface area contributed by atoms with Gasteiger partial charge in [-0.2, -0.15) is 0 Å². The van der Waals surface area contributed by atoms with E-state index >= 15 is 0 Å². The number of piperidine rings is 1. The first-order valence-corrected chi connectivity index (χ1v) is 9.95. The van der Waals surface area contributed by atoms with Gasteiger partial charge >= 0.3 is 0 Å². The minimum Gasteiger partial charge on any atom is -0.381 e. The van der Waals surface area contributed by atoms with E-state index in [0.717, 1.165) is 0 Å². The molecule has 0 amide bonds. The SMILES string of the molecule is CC1C=CC=C(N2CCCCC2)C(NC2CCCCCCC2)=C1. The second kappa shape index (κ2) is 8.61. The molecule has 1 N–H and O–H groups in total. The maximum atomic E-state index is 3.95. The first-order chi connectivity index (χ1) is 11.3. The Kier molecular flexibility index (Phi) is 6.24. The summed E-state index contributed by atoms with van der Waals surface area (Å²) in [4.78, 5) is 2.60. The Hall–Kier alpha value is -1.18. The average Bonchev–Trinajstić information content (AvgIpc) is 2.72. The Labute approximate surface area is 142 Å². The van der Waals surface area contributed by atoms with Gasteiger partial charge in [0.2, 0.25) is 0 Å². The van der Waals surface area contributed by atoms with Crippen LogP contribution in [0.25, 0.3) is 0 Å². The van der Waals surface area contributed by atoms with Crippen LogP contribution in [-0.2, 0) is 0 Å². The van der Waals surface area contributed by atoms with Crippen LogP contribution >= 0.6 is 0 Å². The Morgan fingerprint density at radius 2 is 1.57 bits per heavy atom. The molecule has 0 aromatic carbocycles. The van der Waals surface area contributed by atoms with Crippen LogP contribution in [0.2, 0.25) is 0 Å². The molecular formula is C21H34N2. The molecule has 0 aromatic heterocycles. The van der Waals surface area contributed by atoms with Crippen molar-refractivity contribution >= 4 is 0 Å². The fourth-order valence-corrected chi connectivity index (χ4v) is 4.17. The van der Waals surface area contributed by atoms with Crippen molar-refractivity contribution in [2.45, 2.75) is 77.2 Å². The molecule has 1 unspecified atom stereocenters. The molecule has 3 aliphatic rings. The van der Waals surface area contributed by atoms with Crippen LogP contribution in [0.1, 0.15) is 71.1 Å². The number of nitrogens with zero attached hydrogens (tertiary/aromatic N) is 1. The van der Waals surface area contributed by atoms with Gasteiger partial charge in [0, 0.05) is 19.1 Å².